The predicted molar refractivity (Wildman–Crippen MR) is 109 cm³/mol. The van der Waals surface area contributed by atoms with E-state index in [1.54, 1.807) is 24.4 Å². The van der Waals surface area contributed by atoms with E-state index >= 15 is 0 Å². The van der Waals surface area contributed by atoms with Crippen LogP contribution in [-0.2, 0) is 10.0 Å². The number of pyridine rings is 1. The van der Waals surface area contributed by atoms with Crippen LogP contribution >= 0.6 is 0 Å². The minimum absolute atomic E-state index is 0.0698. The van der Waals surface area contributed by atoms with Gasteiger partial charge in [-0.05, 0) is 55.2 Å². The first-order valence-electron chi connectivity index (χ1n) is 9.60. The van der Waals surface area contributed by atoms with Crippen molar-refractivity contribution in [1.82, 2.24) is 19.5 Å². The van der Waals surface area contributed by atoms with Gasteiger partial charge in [-0.15, -0.1) is 5.10 Å². The first kappa shape index (κ1) is 20.2. The Balaban J connectivity index is 1.45. The lowest BCUT2D eigenvalue weighted by atomic mass is 10.0. The molecule has 0 saturated carbocycles. The molecule has 1 saturated heterocycles. The maximum absolute atomic E-state index is 12.8. The molecule has 0 aliphatic carbocycles. The summed E-state index contributed by atoms with van der Waals surface area (Å²) in [4.78, 5) is 16.7. The number of benzene rings is 1. The fourth-order valence-corrected chi connectivity index (χ4v) is 4.93. The third kappa shape index (κ3) is 4.24. The number of piperidine rings is 1. The first-order chi connectivity index (χ1) is 14.4. The van der Waals surface area contributed by atoms with Crippen molar-refractivity contribution in [3.63, 3.8) is 0 Å². The summed E-state index contributed by atoms with van der Waals surface area (Å²) in [6, 6.07) is 11.0. The number of sulfonamides is 1. The van der Waals surface area contributed by atoms with Crippen molar-refractivity contribution in [2.24, 2.45) is 5.92 Å². The Kier molecular flexibility index (Phi) is 5.60. The van der Waals surface area contributed by atoms with Gasteiger partial charge >= 0.3 is 6.01 Å². The fraction of sp³-hybridized carbons (Fsp3) is 0.300. The van der Waals surface area contributed by atoms with E-state index in [4.69, 9.17) is 4.42 Å². The third-order valence-corrected chi connectivity index (χ3v) is 6.78. The summed E-state index contributed by atoms with van der Waals surface area (Å²) in [7, 11) is -3.57. The summed E-state index contributed by atoms with van der Waals surface area (Å²) in [6.07, 6.45) is 3.48. The van der Waals surface area contributed by atoms with Crippen molar-refractivity contribution in [2.75, 3.05) is 18.4 Å². The summed E-state index contributed by atoms with van der Waals surface area (Å²) >= 11 is 0. The highest BCUT2D eigenvalue weighted by Gasteiger charge is 2.28. The zero-order valence-electron chi connectivity index (χ0n) is 16.4. The summed E-state index contributed by atoms with van der Waals surface area (Å²) in [6.45, 7) is 3.08. The van der Waals surface area contributed by atoms with Gasteiger partial charge in [0.15, 0.2) is 0 Å². The molecule has 10 heteroatoms. The van der Waals surface area contributed by atoms with Crippen LogP contribution in [0.25, 0.3) is 11.6 Å². The zero-order chi connectivity index (χ0) is 21.1. The number of carbonyl (C=O) groups excluding carboxylic acids is 1. The fourth-order valence-electron chi connectivity index (χ4n) is 3.33. The van der Waals surface area contributed by atoms with Gasteiger partial charge in [-0.1, -0.05) is 18.1 Å². The number of amides is 1. The van der Waals surface area contributed by atoms with Crippen molar-refractivity contribution in [1.29, 1.82) is 0 Å². The van der Waals surface area contributed by atoms with E-state index in [0.29, 0.717) is 24.7 Å². The first-order valence-corrected chi connectivity index (χ1v) is 11.0. The average Bonchev–Trinajstić information content (AvgIpc) is 3.23. The maximum Gasteiger partial charge on any atom is 0.322 e. The number of carbonyl (C=O) groups is 1. The topological polar surface area (TPSA) is 118 Å². The van der Waals surface area contributed by atoms with E-state index in [9.17, 15) is 13.2 Å². The van der Waals surface area contributed by atoms with Crippen LogP contribution in [0.4, 0.5) is 6.01 Å². The van der Waals surface area contributed by atoms with Gasteiger partial charge in [0.05, 0.1) is 4.90 Å². The van der Waals surface area contributed by atoms with Crippen molar-refractivity contribution in [3.05, 3.63) is 54.2 Å². The van der Waals surface area contributed by atoms with Gasteiger partial charge in [0, 0.05) is 24.8 Å². The number of hydrogen-bond donors (Lipinski definition) is 1. The Hall–Kier alpha value is -3.11. The summed E-state index contributed by atoms with van der Waals surface area (Å²) in [5.74, 6) is 0.0359. The van der Waals surface area contributed by atoms with E-state index in [2.05, 4.69) is 20.5 Å². The van der Waals surface area contributed by atoms with Crippen molar-refractivity contribution in [2.45, 2.75) is 24.7 Å². The summed E-state index contributed by atoms with van der Waals surface area (Å²) in [5.41, 5.74) is 0.769. The molecule has 30 heavy (non-hydrogen) atoms. The highest BCUT2D eigenvalue weighted by Crippen LogP contribution is 2.24. The monoisotopic (exact) mass is 427 g/mol. The number of hydrogen-bond acceptors (Lipinski definition) is 7. The van der Waals surface area contributed by atoms with Gasteiger partial charge in [0.2, 0.25) is 10.0 Å². The number of nitrogens with one attached hydrogen (secondary N) is 1. The molecule has 0 unspecified atom stereocenters. The maximum atomic E-state index is 12.8. The van der Waals surface area contributed by atoms with Crippen LogP contribution in [0.15, 0.2) is 58.0 Å². The minimum Gasteiger partial charge on any atom is -0.401 e. The molecule has 1 aliphatic rings. The van der Waals surface area contributed by atoms with E-state index < -0.39 is 15.9 Å². The van der Waals surface area contributed by atoms with Crippen molar-refractivity contribution < 1.29 is 17.6 Å². The highest BCUT2D eigenvalue weighted by molar-refractivity contribution is 7.89. The number of nitrogens with zero attached hydrogens (tertiary/aromatic N) is 4. The van der Waals surface area contributed by atoms with Crippen LogP contribution in [0.5, 0.6) is 0 Å². The second-order valence-corrected chi connectivity index (χ2v) is 9.15. The van der Waals surface area contributed by atoms with E-state index in [-0.39, 0.29) is 22.4 Å². The quantitative estimate of drug-likeness (QED) is 0.665. The molecule has 0 spiro atoms. The second-order valence-electron chi connectivity index (χ2n) is 7.22. The molecule has 156 valence electrons. The van der Waals surface area contributed by atoms with Crippen LogP contribution in [0, 0.1) is 5.92 Å². The van der Waals surface area contributed by atoms with Gasteiger partial charge < -0.3 is 4.42 Å². The Morgan fingerprint density at radius 2 is 1.97 bits per heavy atom. The predicted octanol–water partition coefficient (Wildman–Crippen LogP) is 2.80. The van der Waals surface area contributed by atoms with Gasteiger partial charge in [-0.3, -0.25) is 15.1 Å². The molecule has 1 fully saturated rings. The molecular formula is C20H21N5O4S. The average molecular weight is 427 g/mol. The summed E-state index contributed by atoms with van der Waals surface area (Å²) in [5, 5.41) is 10.2. The summed E-state index contributed by atoms with van der Waals surface area (Å²) < 4.78 is 32.6. The molecule has 3 aromatic rings. The number of aromatic nitrogens is 3. The molecule has 1 N–H and O–H groups in total. The molecule has 0 radical (unpaired) electrons. The lowest BCUT2D eigenvalue weighted by Crippen LogP contribution is -2.39. The molecular weight excluding hydrogens is 406 g/mol. The second kappa shape index (κ2) is 8.33. The molecule has 4 rings (SSSR count). The number of rotatable bonds is 5. The smallest absolute Gasteiger partial charge is 0.322 e. The minimum atomic E-state index is -3.57. The molecule has 1 aromatic carbocycles. The molecule has 3 heterocycles. The van der Waals surface area contributed by atoms with Gasteiger partial charge in [0.1, 0.15) is 5.69 Å². The Bertz CT molecular complexity index is 1130. The molecule has 2 aromatic heterocycles. The Labute approximate surface area is 174 Å². The largest absolute Gasteiger partial charge is 0.401 e. The molecule has 1 aliphatic heterocycles. The van der Waals surface area contributed by atoms with E-state index in [1.807, 2.05) is 6.92 Å². The van der Waals surface area contributed by atoms with Crippen molar-refractivity contribution in [3.8, 4) is 11.6 Å². The third-order valence-electron chi connectivity index (χ3n) is 4.90. The molecule has 0 bridgehead atoms. The van der Waals surface area contributed by atoms with Crippen LogP contribution in [0.3, 0.4) is 0 Å². The van der Waals surface area contributed by atoms with Crippen LogP contribution in [0.2, 0.25) is 0 Å². The molecule has 9 nitrogen and oxygen atoms in total. The van der Waals surface area contributed by atoms with E-state index in [0.717, 1.165) is 12.8 Å². The Morgan fingerprint density at radius 1 is 1.17 bits per heavy atom. The zero-order valence-corrected chi connectivity index (χ0v) is 17.2. The normalized spacial score (nSPS) is 17.6. The van der Waals surface area contributed by atoms with Gasteiger partial charge in [-0.25, -0.2) is 8.42 Å². The molecule has 1 atom stereocenters. The van der Waals surface area contributed by atoms with Gasteiger partial charge in [-0.2, -0.15) is 4.31 Å². The van der Waals surface area contributed by atoms with Gasteiger partial charge in [0.25, 0.3) is 11.8 Å². The molecule has 1 amide bonds. The highest BCUT2D eigenvalue weighted by atomic mass is 32.2. The van der Waals surface area contributed by atoms with Crippen molar-refractivity contribution >= 4 is 21.9 Å². The SMILES string of the molecule is C[C@H]1CCCN(S(=O)(=O)c2ccc(C(=O)Nc3nnc(-c4ccccn4)o3)cc2)C1. The Morgan fingerprint density at radius 3 is 2.67 bits per heavy atom. The van der Waals surface area contributed by atoms with E-state index in [1.165, 1.54) is 28.6 Å². The van der Waals surface area contributed by atoms with Crippen LogP contribution < -0.4 is 5.32 Å². The van der Waals surface area contributed by atoms with Crippen LogP contribution in [0.1, 0.15) is 30.1 Å². The number of anilines is 1. The lowest BCUT2D eigenvalue weighted by molar-refractivity contribution is 0.102. The lowest BCUT2D eigenvalue weighted by Gasteiger charge is -2.30. The van der Waals surface area contributed by atoms with Crippen LogP contribution in [-0.4, -0.2) is 46.9 Å². The standard InChI is InChI=1S/C20H21N5O4S/c1-14-5-4-12-25(13-14)30(27,28)16-9-7-15(8-10-16)18(26)22-20-24-23-19(29-20)17-6-2-3-11-21-17/h2-3,6-11,14H,4-5,12-13H2,1H3,(H,22,24,26)/t14-/m0/s1.